The molecule has 0 aliphatic carbocycles. The first-order chi connectivity index (χ1) is 9.81. The van der Waals surface area contributed by atoms with Crippen LogP contribution in [0.25, 0.3) is 22.2 Å². The molecule has 1 aromatic carbocycles. The number of rotatable bonds is 2. The van der Waals surface area contributed by atoms with Crippen LogP contribution in [0.15, 0.2) is 36.5 Å². The van der Waals surface area contributed by atoms with Crippen LogP contribution in [-0.4, -0.2) is 28.0 Å². The van der Waals surface area contributed by atoms with E-state index in [0.29, 0.717) is 5.92 Å². The van der Waals surface area contributed by atoms with Crippen molar-refractivity contribution < 1.29 is 0 Å². The first-order valence-electron chi connectivity index (χ1n) is 6.94. The minimum absolute atomic E-state index is 0.457. The van der Waals surface area contributed by atoms with Crippen LogP contribution in [-0.2, 0) is 0 Å². The fourth-order valence-electron chi connectivity index (χ4n) is 2.67. The number of hydrogen-bond acceptors (Lipinski definition) is 3. The fraction of sp³-hybridized carbons (Fsp3) is 0.250. The molecular formula is C16H16N4. The van der Waals surface area contributed by atoms with Gasteiger partial charge in [-0.15, -0.1) is 0 Å². The Bertz CT molecular complexity index is 771. The SMILES string of the molecule is Cc1cc(-c2c[nH]c3ccccc23)nc(C2CNC2)n1. The van der Waals surface area contributed by atoms with Gasteiger partial charge in [0.1, 0.15) is 5.82 Å². The lowest BCUT2D eigenvalue weighted by Crippen LogP contribution is -2.41. The molecule has 0 spiro atoms. The minimum atomic E-state index is 0.457. The Morgan fingerprint density at radius 2 is 2.00 bits per heavy atom. The van der Waals surface area contributed by atoms with Gasteiger partial charge in [0.25, 0.3) is 0 Å². The standard InChI is InChI=1S/C16H16N4/c1-10-6-15(20-16(19-10)11-7-17-8-11)13-9-18-14-5-3-2-4-12(13)14/h2-6,9,11,17-18H,7-8H2,1H3. The van der Waals surface area contributed by atoms with Crippen molar-refractivity contribution in [3.05, 3.63) is 48.0 Å². The summed E-state index contributed by atoms with van der Waals surface area (Å²) in [5.41, 5.74) is 4.34. The van der Waals surface area contributed by atoms with Crippen molar-refractivity contribution in [2.45, 2.75) is 12.8 Å². The quantitative estimate of drug-likeness (QED) is 0.748. The summed E-state index contributed by atoms with van der Waals surface area (Å²) in [4.78, 5) is 12.7. The Labute approximate surface area is 117 Å². The number of aromatic nitrogens is 3. The molecule has 4 heteroatoms. The third kappa shape index (κ3) is 1.80. The van der Waals surface area contributed by atoms with Crippen molar-refractivity contribution in [3.63, 3.8) is 0 Å². The van der Waals surface area contributed by atoms with Gasteiger partial charge in [0.05, 0.1) is 5.69 Å². The lowest BCUT2D eigenvalue weighted by molar-refractivity contribution is 0.429. The molecule has 20 heavy (non-hydrogen) atoms. The number of para-hydroxylation sites is 1. The molecule has 0 amide bonds. The van der Waals surface area contributed by atoms with Gasteiger partial charge < -0.3 is 10.3 Å². The van der Waals surface area contributed by atoms with Gasteiger partial charge in [-0.05, 0) is 19.1 Å². The first-order valence-corrected chi connectivity index (χ1v) is 6.94. The summed E-state index contributed by atoms with van der Waals surface area (Å²) in [5.74, 6) is 1.42. The first kappa shape index (κ1) is 11.6. The zero-order chi connectivity index (χ0) is 13.5. The van der Waals surface area contributed by atoms with E-state index in [0.717, 1.165) is 41.4 Å². The van der Waals surface area contributed by atoms with Gasteiger partial charge in [0.15, 0.2) is 0 Å². The molecule has 0 radical (unpaired) electrons. The number of benzene rings is 1. The van der Waals surface area contributed by atoms with E-state index >= 15 is 0 Å². The van der Waals surface area contributed by atoms with E-state index in [1.165, 1.54) is 5.39 Å². The van der Waals surface area contributed by atoms with Crippen molar-refractivity contribution in [3.8, 4) is 11.3 Å². The molecule has 0 atom stereocenters. The average molecular weight is 264 g/mol. The summed E-state index contributed by atoms with van der Waals surface area (Å²) in [7, 11) is 0. The van der Waals surface area contributed by atoms with Crippen LogP contribution >= 0.6 is 0 Å². The van der Waals surface area contributed by atoms with E-state index < -0.39 is 0 Å². The third-order valence-corrected chi connectivity index (χ3v) is 3.88. The molecule has 4 nitrogen and oxygen atoms in total. The smallest absolute Gasteiger partial charge is 0.134 e. The fourth-order valence-corrected chi connectivity index (χ4v) is 2.67. The second-order valence-corrected chi connectivity index (χ2v) is 5.36. The van der Waals surface area contributed by atoms with Crippen LogP contribution in [0.2, 0.25) is 0 Å². The van der Waals surface area contributed by atoms with Crippen LogP contribution in [0.4, 0.5) is 0 Å². The number of hydrogen-bond donors (Lipinski definition) is 2. The van der Waals surface area contributed by atoms with Crippen molar-refractivity contribution in [1.82, 2.24) is 20.3 Å². The highest BCUT2D eigenvalue weighted by Crippen LogP contribution is 2.28. The molecule has 2 N–H and O–H groups in total. The molecule has 1 fully saturated rings. The van der Waals surface area contributed by atoms with Crippen LogP contribution in [0, 0.1) is 6.92 Å². The van der Waals surface area contributed by atoms with Crippen LogP contribution in [0.1, 0.15) is 17.4 Å². The maximum atomic E-state index is 4.78. The zero-order valence-corrected chi connectivity index (χ0v) is 11.4. The maximum Gasteiger partial charge on any atom is 0.134 e. The lowest BCUT2D eigenvalue weighted by atomic mass is 10.0. The average Bonchev–Trinajstić information content (AvgIpc) is 2.79. The van der Waals surface area contributed by atoms with E-state index in [1.807, 2.05) is 19.2 Å². The zero-order valence-electron chi connectivity index (χ0n) is 11.4. The van der Waals surface area contributed by atoms with E-state index in [2.05, 4.69) is 39.6 Å². The summed E-state index contributed by atoms with van der Waals surface area (Å²) in [6.07, 6.45) is 2.04. The summed E-state index contributed by atoms with van der Waals surface area (Å²) in [5, 5.41) is 4.49. The summed E-state index contributed by atoms with van der Waals surface area (Å²) in [6.45, 7) is 4.00. The molecule has 0 bridgehead atoms. The van der Waals surface area contributed by atoms with Crippen LogP contribution < -0.4 is 5.32 Å². The van der Waals surface area contributed by atoms with Gasteiger partial charge in [-0.3, -0.25) is 0 Å². The van der Waals surface area contributed by atoms with E-state index in [1.54, 1.807) is 0 Å². The second-order valence-electron chi connectivity index (χ2n) is 5.36. The highest BCUT2D eigenvalue weighted by Gasteiger charge is 2.22. The number of fused-ring (bicyclic) bond motifs is 1. The van der Waals surface area contributed by atoms with E-state index in [4.69, 9.17) is 4.98 Å². The highest BCUT2D eigenvalue weighted by molar-refractivity contribution is 5.94. The lowest BCUT2D eigenvalue weighted by Gasteiger charge is -2.26. The third-order valence-electron chi connectivity index (χ3n) is 3.88. The van der Waals surface area contributed by atoms with E-state index in [-0.39, 0.29) is 0 Å². The van der Waals surface area contributed by atoms with Gasteiger partial charge in [0, 0.05) is 47.4 Å². The monoisotopic (exact) mass is 264 g/mol. The molecular weight excluding hydrogens is 248 g/mol. The number of aromatic amines is 1. The molecule has 0 saturated carbocycles. The van der Waals surface area contributed by atoms with Crippen LogP contribution in [0.3, 0.4) is 0 Å². The Hall–Kier alpha value is -2.20. The van der Waals surface area contributed by atoms with Gasteiger partial charge in [-0.1, -0.05) is 18.2 Å². The predicted octanol–water partition coefficient (Wildman–Crippen LogP) is 2.62. The van der Waals surface area contributed by atoms with Crippen molar-refractivity contribution in [2.24, 2.45) is 0 Å². The summed E-state index contributed by atoms with van der Waals surface area (Å²) in [6, 6.07) is 10.4. The van der Waals surface area contributed by atoms with Crippen molar-refractivity contribution >= 4 is 10.9 Å². The molecule has 1 saturated heterocycles. The maximum absolute atomic E-state index is 4.78. The molecule has 3 aromatic rings. The van der Waals surface area contributed by atoms with Gasteiger partial charge in [-0.25, -0.2) is 9.97 Å². The van der Waals surface area contributed by atoms with Gasteiger partial charge in [0.2, 0.25) is 0 Å². The molecule has 0 unspecified atom stereocenters. The highest BCUT2D eigenvalue weighted by atomic mass is 15.0. The number of nitrogens with zero attached hydrogens (tertiary/aromatic N) is 2. The number of aryl methyl sites for hydroxylation is 1. The molecule has 1 aliphatic rings. The van der Waals surface area contributed by atoms with Gasteiger partial charge >= 0.3 is 0 Å². The minimum Gasteiger partial charge on any atom is -0.360 e. The van der Waals surface area contributed by atoms with E-state index in [9.17, 15) is 0 Å². The van der Waals surface area contributed by atoms with Gasteiger partial charge in [-0.2, -0.15) is 0 Å². The van der Waals surface area contributed by atoms with Crippen LogP contribution in [0.5, 0.6) is 0 Å². The summed E-state index contributed by atoms with van der Waals surface area (Å²) >= 11 is 0. The number of H-pyrrole nitrogens is 1. The molecule has 2 aromatic heterocycles. The molecule has 4 rings (SSSR count). The molecule has 100 valence electrons. The Morgan fingerprint density at radius 3 is 2.80 bits per heavy atom. The Morgan fingerprint density at radius 1 is 1.15 bits per heavy atom. The Balaban J connectivity index is 1.86. The molecule has 1 aliphatic heterocycles. The topological polar surface area (TPSA) is 53.6 Å². The Kier molecular flexibility index (Phi) is 2.57. The van der Waals surface area contributed by atoms with Crippen molar-refractivity contribution in [1.29, 1.82) is 0 Å². The van der Waals surface area contributed by atoms with Crippen molar-refractivity contribution in [2.75, 3.05) is 13.1 Å². The largest absolute Gasteiger partial charge is 0.360 e. The second kappa shape index (κ2) is 4.42. The normalized spacial score (nSPS) is 15.4. The molecule has 3 heterocycles. The summed E-state index contributed by atoms with van der Waals surface area (Å²) < 4.78 is 0. The predicted molar refractivity (Wildman–Crippen MR) is 79.7 cm³/mol. The number of nitrogens with one attached hydrogen (secondary N) is 2.